The third-order valence-electron chi connectivity index (χ3n) is 3.39. The summed E-state index contributed by atoms with van der Waals surface area (Å²) in [5.41, 5.74) is 0. The van der Waals surface area contributed by atoms with Crippen molar-refractivity contribution in [2.75, 3.05) is 27.4 Å². The Morgan fingerprint density at radius 1 is 1.30 bits per heavy atom. The number of hydrogen-bond acceptors (Lipinski definition) is 4. The number of ether oxygens (including phenoxy) is 3. The Balaban J connectivity index is 1.94. The van der Waals surface area contributed by atoms with Crippen LogP contribution in [0.15, 0.2) is 18.2 Å². The molecule has 3 unspecified atom stereocenters. The molecule has 1 aliphatic rings. The van der Waals surface area contributed by atoms with Crippen LogP contribution in [0.3, 0.4) is 0 Å². The summed E-state index contributed by atoms with van der Waals surface area (Å²) < 4.78 is 42.5. The molecule has 1 aromatic rings. The number of halogens is 2. The van der Waals surface area contributed by atoms with Gasteiger partial charge >= 0.3 is 0 Å². The molecule has 1 saturated carbocycles. The van der Waals surface area contributed by atoms with Crippen LogP contribution in [0, 0.1) is 11.6 Å². The fraction of sp³-hybridized carbons (Fsp3) is 0.571. The first-order valence-electron chi connectivity index (χ1n) is 6.55. The third-order valence-corrected chi connectivity index (χ3v) is 3.39. The molecule has 20 heavy (non-hydrogen) atoms. The van der Waals surface area contributed by atoms with Crippen LogP contribution in [0.2, 0.25) is 0 Å². The summed E-state index contributed by atoms with van der Waals surface area (Å²) >= 11 is 0. The Kier molecular flexibility index (Phi) is 5.28. The van der Waals surface area contributed by atoms with E-state index >= 15 is 0 Å². The zero-order valence-electron chi connectivity index (χ0n) is 11.6. The first-order valence-corrected chi connectivity index (χ1v) is 6.55. The molecular weight excluding hydrogens is 268 g/mol. The van der Waals surface area contributed by atoms with E-state index in [0.29, 0.717) is 19.6 Å². The van der Waals surface area contributed by atoms with Crippen molar-refractivity contribution in [1.29, 1.82) is 0 Å². The minimum absolute atomic E-state index is 0.0475. The van der Waals surface area contributed by atoms with Crippen molar-refractivity contribution in [3.63, 3.8) is 0 Å². The molecule has 0 aliphatic heterocycles. The number of nitrogens with one attached hydrogen (secondary N) is 1. The molecule has 0 amide bonds. The molecule has 1 aliphatic carbocycles. The van der Waals surface area contributed by atoms with Gasteiger partial charge in [-0.3, -0.25) is 0 Å². The molecule has 1 aromatic carbocycles. The minimum Gasteiger partial charge on any atom is -0.485 e. The lowest BCUT2D eigenvalue weighted by Crippen LogP contribution is -2.60. The van der Waals surface area contributed by atoms with Gasteiger partial charge in [0.05, 0.1) is 13.2 Å². The van der Waals surface area contributed by atoms with Gasteiger partial charge in [0.15, 0.2) is 11.6 Å². The minimum atomic E-state index is -0.700. The molecular formula is C14H19F2NO3. The van der Waals surface area contributed by atoms with Gasteiger partial charge in [0.2, 0.25) is 0 Å². The van der Waals surface area contributed by atoms with Crippen molar-refractivity contribution >= 4 is 0 Å². The fourth-order valence-corrected chi connectivity index (χ4v) is 2.20. The topological polar surface area (TPSA) is 39.7 Å². The van der Waals surface area contributed by atoms with E-state index < -0.39 is 11.6 Å². The highest BCUT2D eigenvalue weighted by Gasteiger charge is 2.43. The normalized spacial score (nSPS) is 25.3. The van der Waals surface area contributed by atoms with E-state index in [1.54, 1.807) is 7.11 Å². The van der Waals surface area contributed by atoms with E-state index in [0.717, 1.165) is 6.07 Å². The molecule has 112 valence electrons. The molecule has 0 saturated heterocycles. The van der Waals surface area contributed by atoms with E-state index in [-0.39, 0.29) is 24.0 Å². The SMILES string of the molecule is CNC1CC(Oc2ccc(F)cc2F)C1OCCOC. The summed E-state index contributed by atoms with van der Waals surface area (Å²) in [6.45, 7) is 0.940. The lowest BCUT2D eigenvalue weighted by Gasteiger charge is -2.43. The molecule has 1 N–H and O–H groups in total. The summed E-state index contributed by atoms with van der Waals surface area (Å²) in [7, 11) is 3.44. The van der Waals surface area contributed by atoms with Gasteiger partial charge in [-0.1, -0.05) is 0 Å². The van der Waals surface area contributed by atoms with E-state index in [1.807, 2.05) is 7.05 Å². The van der Waals surface area contributed by atoms with Crippen LogP contribution in [0.1, 0.15) is 6.42 Å². The predicted molar refractivity (Wildman–Crippen MR) is 69.9 cm³/mol. The number of methoxy groups -OCH3 is 1. The molecule has 4 nitrogen and oxygen atoms in total. The lowest BCUT2D eigenvalue weighted by molar-refractivity contribution is -0.115. The summed E-state index contributed by atoms with van der Waals surface area (Å²) in [5.74, 6) is -1.27. The molecule has 2 rings (SSSR count). The van der Waals surface area contributed by atoms with Gasteiger partial charge in [-0.2, -0.15) is 0 Å². The highest BCUT2D eigenvalue weighted by atomic mass is 19.1. The zero-order valence-corrected chi connectivity index (χ0v) is 11.6. The van der Waals surface area contributed by atoms with Crippen molar-refractivity contribution in [2.45, 2.75) is 24.7 Å². The summed E-state index contributed by atoms with van der Waals surface area (Å²) in [4.78, 5) is 0. The van der Waals surface area contributed by atoms with Crippen LogP contribution >= 0.6 is 0 Å². The number of benzene rings is 1. The summed E-state index contributed by atoms with van der Waals surface area (Å²) in [6, 6.07) is 3.45. The maximum absolute atomic E-state index is 13.5. The molecule has 0 bridgehead atoms. The largest absolute Gasteiger partial charge is 0.485 e. The van der Waals surface area contributed by atoms with Crippen LogP contribution in [0.5, 0.6) is 5.75 Å². The van der Waals surface area contributed by atoms with E-state index in [1.165, 1.54) is 12.1 Å². The maximum atomic E-state index is 13.5. The first-order chi connectivity index (χ1) is 9.65. The average molecular weight is 287 g/mol. The van der Waals surface area contributed by atoms with Crippen LogP contribution < -0.4 is 10.1 Å². The van der Waals surface area contributed by atoms with Crippen LogP contribution in [0.4, 0.5) is 8.78 Å². The third kappa shape index (κ3) is 3.45. The van der Waals surface area contributed by atoms with Crippen molar-refractivity contribution in [1.82, 2.24) is 5.32 Å². The second-order valence-electron chi connectivity index (χ2n) is 4.69. The summed E-state index contributed by atoms with van der Waals surface area (Å²) in [6.07, 6.45) is 0.300. The zero-order chi connectivity index (χ0) is 14.5. The van der Waals surface area contributed by atoms with Crippen LogP contribution in [-0.4, -0.2) is 45.6 Å². The van der Waals surface area contributed by atoms with Crippen molar-refractivity contribution < 1.29 is 23.0 Å². The van der Waals surface area contributed by atoms with E-state index in [4.69, 9.17) is 14.2 Å². The first kappa shape index (κ1) is 15.2. The average Bonchev–Trinajstić information content (AvgIpc) is 2.41. The Morgan fingerprint density at radius 2 is 2.10 bits per heavy atom. The standard InChI is InChI=1S/C14H19F2NO3/c1-17-11-8-13(14(11)19-6-5-18-2)20-12-4-3-9(15)7-10(12)16/h3-4,7,11,13-14,17H,5-6,8H2,1-2H3. The van der Waals surface area contributed by atoms with Crippen molar-refractivity contribution in [2.24, 2.45) is 0 Å². The molecule has 1 fully saturated rings. The Hall–Kier alpha value is -1.24. The number of likely N-dealkylation sites (N-methyl/N-ethyl adjacent to an activating group) is 1. The van der Waals surface area contributed by atoms with Crippen LogP contribution in [-0.2, 0) is 9.47 Å². The number of hydrogen-bond donors (Lipinski definition) is 1. The Bertz CT molecular complexity index is 444. The smallest absolute Gasteiger partial charge is 0.167 e. The van der Waals surface area contributed by atoms with Crippen molar-refractivity contribution in [3.8, 4) is 5.75 Å². The van der Waals surface area contributed by atoms with Gasteiger partial charge in [0.25, 0.3) is 0 Å². The lowest BCUT2D eigenvalue weighted by atomic mass is 9.85. The second kappa shape index (κ2) is 6.97. The molecule has 0 spiro atoms. The molecule has 6 heteroatoms. The Labute approximate surface area is 117 Å². The van der Waals surface area contributed by atoms with Gasteiger partial charge in [0.1, 0.15) is 18.0 Å². The Morgan fingerprint density at radius 3 is 2.75 bits per heavy atom. The second-order valence-corrected chi connectivity index (χ2v) is 4.69. The molecule has 3 atom stereocenters. The molecule has 0 radical (unpaired) electrons. The highest BCUT2D eigenvalue weighted by molar-refractivity contribution is 5.25. The predicted octanol–water partition coefficient (Wildman–Crippen LogP) is 1.74. The van der Waals surface area contributed by atoms with E-state index in [9.17, 15) is 8.78 Å². The van der Waals surface area contributed by atoms with Gasteiger partial charge in [-0.25, -0.2) is 8.78 Å². The maximum Gasteiger partial charge on any atom is 0.167 e. The fourth-order valence-electron chi connectivity index (χ4n) is 2.20. The van der Waals surface area contributed by atoms with E-state index in [2.05, 4.69) is 5.32 Å². The highest BCUT2D eigenvalue weighted by Crippen LogP contribution is 2.30. The molecule has 0 aromatic heterocycles. The summed E-state index contributed by atoms with van der Waals surface area (Å²) in [5, 5.41) is 3.12. The quantitative estimate of drug-likeness (QED) is 0.775. The van der Waals surface area contributed by atoms with Crippen molar-refractivity contribution in [3.05, 3.63) is 29.8 Å². The molecule has 0 heterocycles. The van der Waals surface area contributed by atoms with Gasteiger partial charge in [0, 0.05) is 25.6 Å². The van der Waals surface area contributed by atoms with Gasteiger partial charge in [-0.05, 0) is 19.2 Å². The van der Waals surface area contributed by atoms with Crippen LogP contribution in [0.25, 0.3) is 0 Å². The number of rotatable bonds is 7. The van der Waals surface area contributed by atoms with Gasteiger partial charge < -0.3 is 19.5 Å². The monoisotopic (exact) mass is 287 g/mol. The van der Waals surface area contributed by atoms with Gasteiger partial charge in [-0.15, -0.1) is 0 Å².